The summed E-state index contributed by atoms with van der Waals surface area (Å²) < 4.78 is 0. The van der Waals surface area contributed by atoms with E-state index in [4.69, 9.17) is 11.6 Å². The molecule has 0 bridgehead atoms. The lowest BCUT2D eigenvalue weighted by Crippen LogP contribution is -2.33. The normalized spacial score (nSPS) is 11.0. The number of halogens is 1. The Morgan fingerprint density at radius 2 is 2.04 bits per heavy atom. The molecule has 0 radical (unpaired) electrons. The predicted molar refractivity (Wildman–Crippen MR) is 103 cm³/mol. The average molecular weight is 372 g/mol. The molecule has 0 aliphatic carbocycles. The predicted octanol–water partition coefficient (Wildman–Crippen LogP) is 3.56. The van der Waals surface area contributed by atoms with Gasteiger partial charge in [-0.25, -0.2) is 4.98 Å². The number of aliphatic hydroxyl groups excluding tert-OH is 1. The molecule has 6 heteroatoms. The zero-order chi connectivity index (χ0) is 18.4. The van der Waals surface area contributed by atoms with Gasteiger partial charge in [0.1, 0.15) is 5.82 Å². The summed E-state index contributed by atoms with van der Waals surface area (Å²) in [6.07, 6.45) is 1.83. The number of imidazole rings is 1. The van der Waals surface area contributed by atoms with Gasteiger partial charge in [-0.2, -0.15) is 0 Å². The molecule has 0 spiro atoms. The first-order valence-electron chi connectivity index (χ1n) is 8.72. The molecule has 26 heavy (non-hydrogen) atoms. The molecule has 2 aromatic carbocycles. The number of H-pyrrole nitrogens is 1. The Hall–Kier alpha value is -2.37. The highest BCUT2D eigenvalue weighted by Crippen LogP contribution is 2.15. The van der Waals surface area contributed by atoms with Gasteiger partial charge >= 0.3 is 0 Å². The van der Waals surface area contributed by atoms with Gasteiger partial charge in [-0.05, 0) is 36.2 Å². The minimum Gasteiger partial charge on any atom is -0.395 e. The number of hydrogen-bond acceptors (Lipinski definition) is 3. The number of aliphatic hydroxyl groups is 1. The molecule has 136 valence electrons. The third kappa shape index (κ3) is 4.84. The van der Waals surface area contributed by atoms with E-state index in [0.29, 0.717) is 37.4 Å². The molecule has 0 saturated carbocycles. The summed E-state index contributed by atoms with van der Waals surface area (Å²) >= 11 is 6.01. The molecule has 2 N–H and O–H groups in total. The monoisotopic (exact) mass is 371 g/mol. The van der Waals surface area contributed by atoms with Crippen LogP contribution in [0.15, 0.2) is 48.5 Å². The highest BCUT2D eigenvalue weighted by molar-refractivity contribution is 6.30. The van der Waals surface area contributed by atoms with E-state index in [0.717, 1.165) is 22.4 Å². The maximum absolute atomic E-state index is 12.5. The zero-order valence-corrected chi connectivity index (χ0v) is 15.2. The Labute approximate surface area is 157 Å². The van der Waals surface area contributed by atoms with Crippen molar-refractivity contribution in [1.82, 2.24) is 14.9 Å². The quantitative estimate of drug-likeness (QED) is 0.636. The number of nitrogens with one attached hydrogen (secondary N) is 1. The van der Waals surface area contributed by atoms with Gasteiger partial charge in [0, 0.05) is 31.0 Å². The van der Waals surface area contributed by atoms with Crippen LogP contribution in [-0.4, -0.2) is 39.0 Å². The number of nitrogens with zero attached hydrogens (tertiary/aromatic N) is 2. The molecule has 0 atom stereocenters. The molecule has 0 saturated heterocycles. The first-order valence-corrected chi connectivity index (χ1v) is 9.10. The van der Waals surface area contributed by atoms with Gasteiger partial charge in [-0.3, -0.25) is 4.79 Å². The topological polar surface area (TPSA) is 69.2 Å². The van der Waals surface area contributed by atoms with Crippen molar-refractivity contribution in [3.63, 3.8) is 0 Å². The molecule has 1 aromatic heterocycles. The van der Waals surface area contributed by atoms with Crippen LogP contribution >= 0.6 is 11.6 Å². The van der Waals surface area contributed by atoms with Crippen LogP contribution in [-0.2, 0) is 17.8 Å². The van der Waals surface area contributed by atoms with E-state index >= 15 is 0 Å². The number of para-hydroxylation sites is 2. The van der Waals surface area contributed by atoms with Crippen LogP contribution in [0, 0.1) is 0 Å². The fourth-order valence-corrected chi connectivity index (χ4v) is 3.17. The number of rotatable bonds is 8. The first kappa shape index (κ1) is 18.4. The summed E-state index contributed by atoms with van der Waals surface area (Å²) in [4.78, 5) is 22.0. The van der Waals surface area contributed by atoms with Crippen molar-refractivity contribution >= 4 is 28.5 Å². The highest BCUT2D eigenvalue weighted by Gasteiger charge is 2.14. The van der Waals surface area contributed by atoms with E-state index in [2.05, 4.69) is 9.97 Å². The third-order valence-electron chi connectivity index (χ3n) is 4.23. The average Bonchev–Trinajstić information content (AvgIpc) is 3.04. The second-order valence-electron chi connectivity index (χ2n) is 6.22. The molecule has 1 amide bonds. The SMILES string of the molecule is O=C(CCCc1nc2ccccc2[nH]1)N(CCO)Cc1cccc(Cl)c1. The van der Waals surface area contributed by atoms with Crippen LogP contribution in [0.1, 0.15) is 24.2 Å². The molecule has 3 aromatic rings. The Bertz CT molecular complexity index is 845. The number of amides is 1. The van der Waals surface area contributed by atoms with Crippen molar-refractivity contribution in [2.24, 2.45) is 0 Å². The summed E-state index contributed by atoms with van der Waals surface area (Å²) in [7, 11) is 0. The summed E-state index contributed by atoms with van der Waals surface area (Å²) in [5.41, 5.74) is 2.91. The minimum absolute atomic E-state index is 0.0233. The van der Waals surface area contributed by atoms with Crippen molar-refractivity contribution in [1.29, 1.82) is 0 Å². The number of hydrogen-bond donors (Lipinski definition) is 2. The Morgan fingerprint density at radius 3 is 2.81 bits per heavy atom. The Balaban J connectivity index is 1.55. The summed E-state index contributed by atoms with van der Waals surface area (Å²) in [5, 5.41) is 9.91. The van der Waals surface area contributed by atoms with Crippen LogP contribution in [0.3, 0.4) is 0 Å². The van der Waals surface area contributed by atoms with Crippen LogP contribution in [0.5, 0.6) is 0 Å². The van der Waals surface area contributed by atoms with Crippen LogP contribution < -0.4 is 0 Å². The van der Waals surface area contributed by atoms with Crippen molar-refractivity contribution < 1.29 is 9.90 Å². The van der Waals surface area contributed by atoms with Crippen molar-refractivity contribution in [2.45, 2.75) is 25.8 Å². The molecule has 1 heterocycles. The molecule has 5 nitrogen and oxygen atoms in total. The molecular weight excluding hydrogens is 350 g/mol. The van der Waals surface area contributed by atoms with E-state index in [1.807, 2.05) is 42.5 Å². The van der Waals surface area contributed by atoms with E-state index < -0.39 is 0 Å². The number of fused-ring (bicyclic) bond motifs is 1. The molecule has 0 aliphatic rings. The maximum Gasteiger partial charge on any atom is 0.222 e. The molecule has 0 unspecified atom stereocenters. The van der Waals surface area contributed by atoms with Gasteiger partial charge in [0.05, 0.1) is 17.6 Å². The summed E-state index contributed by atoms with van der Waals surface area (Å²) in [6, 6.07) is 15.3. The Morgan fingerprint density at radius 1 is 1.19 bits per heavy atom. The van der Waals surface area contributed by atoms with E-state index in [9.17, 15) is 9.90 Å². The summed E-state index contributed by atoms with van der Waals surface area (Å²) in [6.45, 7) is 0.705. The van der Waals surface area contributed by atoms with Gasteiger partial charge in [0.2, 0.25) is 5.91 Å². The van der Waals surface area contributed by atoms with Gasteiger partial charge in [0.25, 0.3) is 0 Å². The molecule has 3 rings (SSSR count). The second kappa shape index (κ2) is 8.83. The second-order valence-corrected chi connectivity index (χ2v) is 6.66. The highest BCUT2D eigenvalue weighted by atomic mass is 35.5. The zero-order valence-electron chi connectivity index (χ0n) is 14.5. The molecular formula is C20H22ClN3O2. The van der Waals surface area contributed by atoms with Gasteiger partial charge in [-0.15, -0.1) is 0 Å². The number of carbonyl (C=O) groups excluding carboxylic acids is 1. The standard InChI is InChI=1S/C20H22ClN3O2/c21-16-6-3-5-15(13-16)14-24(11-12-25)20(26)10-4-9-19-22-17-7-1-2-8-18(17)23-19/h1-3,5-8,13,25H,4,9-12,14H2,(H,22,23). The number of aromatic nitrogens is 2. The first-order chi connectivity index (χ1) is 12.7. The lowest BCUT2D eigenvalue weighted by atomic mass is 10.1. The maximum atomic E-state index is 12.5. The minimum atomic E-state index is -0.0596. The lowest BCUT2D eigenvalue weighted by Gasteiger charge is -2.22. The number of benzene rings is 2. The molecule has 0 aliphatic heterocycles. The smallest absolute Gasteiger partial charge is 0.222 e. The van der Waals surface area contributed by atoms with Crippen LogP contribution in [0.2, 0.25) is 5.02 Å². The fourth-order valence-electron chi connectivity index (χ4n) is 2.96. The lowest BCUT2D eigenvalue weighted by molar-refractivity contribution is -0.132. The van der Waals surface area contributed by atoms with Crippen molar-refractivity contribution in [3.8, 4) is 0 Å². The Kier molecular flexibility index (Phi) is 6.26. The van der Waals surface area contributed by atoms with Gasteiger partial charge in [-0.1, -0.05) is 35.9 Å². The van der Waals surface area contributed by atoms with Crippen LogP contribution in [0.4, 0.5) is 0 Å². The van der Waals surface area contributed by atoms with Gasteiger partial charge in [0.15, 0.2) is 0 Å². The van der Waals surface area contributed by atoms with Crippen molar-refractivity contribution in [3.05, 3.63) is 64.9 Å². The van der Waals surface area contributed by atoms with E-state index in [1.165, 1.54) is 0 Å². The number of aromatic amines is 1. The van der Waals surface area contributed by atoms with E-state index in [-0.39, 0.29) is 12.5 Å². The fraction of sp³-hybridized carbons (Fsp3) is 0.300. The molecule has 0 fully saturated rings. The largest absolute Gasteiger partial charge is 0.395 e. The van der Waals surface area contributed by atoms with Crippen molar-refractivity contribution in [2.75, 3.05) is 13.2 Å². The van der Waals surface area contributed by atoms with Crippen LogP contribution in [0.25, 0.3) is 11.0 Å². The number of carbonyl (C=O) groups is 1. The number of aryl methyl sites for hydroxylation is 1. The van der Waals surface area contributed by atoms with Gasteiger partial charge < -0.3 is 15.0 Å². The summed E-state index contributed by atoms with van der Waals surface area (Å²) in [5.74, 6) is 0.915. The van der Waals surface area contributed by atoms with E-state index in [1.54, 1.807) is 11.0 Å². The third-order valence-corrected chi connectivity index (χ3v) is 4.46.